The molecule has 0 saturated carbocycles. The summed E-state index contributed by atoms with van der Waals surface area (Å²) in [5, 5.41) is 3.27. The van der Waals surface area contributed by atoms with Gasteiger partial charge in [-0.05, 0) is 34.5 Å². The molecule has 1 aromatic rings. The van der Waals surface area contributed by atoms with Crippen molar-refractivity contribution in [3.8, 4) is 0 Å². The fourth-order valence-electron chi connectivity index (χ4n) is 2.62. The first-order valence-corrected chi connectivity index (χ1v) is 7.52. The van der Waals surface area contributed by atoms with E-state index >= 15 is 0 Å². The normalized spacial score (nSPS) is 17.6. The quantitative estimate of drug-likeness (QED) is 0.810. The van der Waals surface area contributed by atoms with Gasteiger partial charge in [0.1, 0.15) is 11.6 Å². The second-order valence-electron chi connectivity index (χ2n) is 4.85. The van der Waals surface area contributed by atoms with Crippen molar-refractivity contribution in [3.63, 3.8) is 0 Å². The Hall–Kier alpha value is -0.230. The Balaban J connectivity index is 0.00000200. The van der Waals surface area contributed by atoms with Crippen molar-refractivity contribution in [2.75, 3.05) is 26.2 Å². The number of nitrogens with one attached hydrogen (secondary N) is 1. The molecule has 1 aliphatic heterocycles. The van der Waals surface area contributed by atoms with Crippen LogP contribution < -0.4 is 5.32 Å². The van der Waals surface area contributed by atoms with E-state index in [4.69, 9.17) is 0 Å². The lowest BCUT2D eigenvalue weighted by Crippen LogP contribution is -2.45. The summed E-state index contributed by atoms with van der Waals surface area (Å²) in [5.74, 6) is -0.908. The lowest BCUT2D eigenvalue weighted by atomic mass is 9.98. The van der Waals surface area contributed by atoms with Gasteiger partial charge in [0.05, 0.1) is 4.47 Å². The van der Waals surface area contributed by atoms with Crippen molar-refractivity contribution in [1.29, 1.82) is 0 Å². The molecule has 0 unspecified atom stereocenters. The van der Waals surface area contributed by atoms with Crippen LogP contribution in [0, 0.1) is 11.6 Å². The zero-order chi connectivity index (χ0) is 13.8. The Morgan fingerprint density at radius 1 is 1.30 bits per heavy atom. The predicted octanol–water partition coefficient (Wildman–Crippen LogP) is 3.90. The summed E-state index contributed by atoms with van der Waals surface area (Å²) >= 11 is 3.15. The Morgan fingerprint density at radius 2 is 1.95 bits per heavy atom. The molecule has 1 aliphatic rings. The molecular weight excluding hydrogens is 350 g/mol. The third-order valence-electron chi connectivity index (χ3n) is 3.57. The first-order chi connectivity index (χ1) is 9.15. The molecule has 1 N–H and O–H groups in total. The van der Waals surface area contributed by atoms with Crippen LogP contribution in [0.15, 0.2) is 16.6 Å². The summed E-state index contributed by atoms with van der Waals surface area (Å²) in [6.07, 6.45) is 1.67. The largest absolute Gasteiger partial charge is 0.314 e. The van der Waals surface area contributed by atoms with Crippen molar-refractivity contribution in [2.45, 2.75) is 25.8 Å². The first-order valence-electron chi connectivity index (χ1n) is 6.73. The zero-order valence-electron chi connectivity index (χ0n) is 11.5. The van der Waals surface area contributed by atoms with Crippen molar-refractivity contribution in [2.24, 2.45) is 0 Å². The Morgan fingerprint density at radius 3 is 2.55 bits per heavy atom. The van der Waals surface area contributed by atoms with Crippen molar-refractivity contribution < 1.29 is 8.78 Å². The molecule has 20 heavy (non-hydrogen) atoms. The highest BCUT2D eigenvalue weighted by Gasteiger charge is 2.27. The number of hydrogen-bond acceptors (Lipinski definition) is 2. The minimum atomic E-state index is -0.461. The van der Waals surface area contributed by atoms with E-state index in [0.717, 1.165) is 39.0 Å². The van der Waals surface area contributed by atoms with E-state index in [2.05, 4.69) is 26.1 Å². The molecule has 0 spiro atoms. The molecule has 1 heterocycles. The van der Waals surface area contributed by atoms with Crippen LogP contribution in [0.25, 0.3) is 0 Å². The van der Waals surface area contributed by atoms with Gasteiger partial charge in [-0.15, -0.1) is 12.4 Å². The Labute approximate surface area is 133 Å². The summed E-state index contributed by atoms with van der Waals surface area (Å²) in [5.41, 5.74) is 0.207. The van der Waals surface area contributed by atoms with Gasteiger partial charge in [-0.2, -0.15) is 0 Å². The van der Waals surface area contributed by atoms with Crippen molar-refractivity contribution in [3.05, 3.63) is 33.8 Å². The monoisotopic (exact) mass is 368 g/mol. The number of halogens is 4. The van der Waals surface area contributed by atoms with Crippen LogP contribution in [0.3, 0.4) is 0 Å². The topological polar surface area (TPSA) is 15.3 Å². The molecule has 1 aromatic carbocycles. The highest BCUT2D eigenvalue weighted by Crippen LogP contribution is 2.33. The molecule has 0 aromatic heterocycles. The molecule has 1 saturated heterocycles. The summed E-state index contributed by atoms with van der Waals surface area (Å²) in [6.45, 7) is 5.45. The van der Waals surface area contributed by atoms with Gasteiger partial charge in [0.25, 0.3) is 0 Å². The minimum Gasteiger partial charge on any atom is -0.314 e. The summed E-state index contributed by atoms with van der Waals surface area (Å²) in [4.78, 5) is 2.17. The Bertz CT molecular complexity index is 439. The number of hydrogen-bond donors (Lipinski definition) is 1. The molecule has 2 nitrogen and oxygen atoms in total. The van der Waals surface area contributed by atoms with E-state index in [1.54, 1.807) is 0 Å². The van der Waals surface area contributed by atoms with Crippen LogP contribution in [0.4, 0.5) is 8.78 Å². The van der Waals surface area contributed by atoms with Crippen LogP contribution in [0.1, 0.15) is 31.4 Å². The fourth-order valence-corrected chi connectivity index (χ4v) is 2.97. The third kappa shape index (κ3) is 3.91. The molecule has 1 fully saturated rings. The summed E-state index contributed by atoms with van der Waals surface area (Å²) < 4.78 is 28.7. The van der Waals surface area contributed by atoms with E-state index in [-0.39, 0.29) is 24.0 Å². The number of piperazine rings is 1. The average molecular weight is 370 g/mol. The Kier molecular flexibility index (Phi) is 7.37. The highest BCUT2D eigenvalue weighted by atomic mass is 79.9. The van der Waals surface area contributed by atoms with Gasteiger partial charge in [-0.1, -0.05) is 13.3 Å². The summed E-state index contributed by atoms with van der Waals surface area (Å²) in [7, 11) is 0. The minimum absolute atomic E-state index is 0. The van der Waals surface area contributed by atoms with Gasteiger partial charge in [0.15, 0.2) is 0 Å². The average Bonchev–Trinajstić information content (AvgIpc) is 2.43. The molecule has 0 radical (unpaired) electrons. The SMILES string of the molecule is CCC[C@@H](c1c(F)ccc(Br)c1F)N1CCNCC1.Cl. The van der Waals surface area contributed by atoms with Crippen LogP contribution in [-0.2, 0) is 0 Å². The van der Waals surface area contributed by atoms with E-state index in [1.165, 1.54) is 12.1 Å². The van der Waals surface area contributed by atoms with Gasteiger partial charge in [0.2, 0.25) is 0 Å². The van der Waals surface area contributed by atoms with E-state index < -0.39 is 11.6 Å². The first kappa shape index (κ1) is 17.8. The molecule has 0 bridgehead atoms. The van der Waals surface area contributed by atoms with E-state index in [1.807, 2.05) is 6.92 Å². The van der Waals surface area contributed by atoms with E-state index in [0.29, 0.717) is 4.47 Å². The number of rotatable bonds is 4. The molecule has 114 valence electrons. The van der Waals surface area contributed by atoms with Gasteiger partial charge in [-0.25, -0.2) is 8.78 Å². The molecular formula is C14H20BrClF2N2. The zero-order valence-corrected chi connectivity index (χ0v) is 13.9. The standard InChI is InChI=1S/C14H19BrF2N2.ClH/c1-2-3-12(19-8-6-18-7-9-19)13-11(16)5-4-10(15)14(13)17;/h4-5,12,18H,2-3,6-9H2,1H3;1H/t12-;/m0./s1. The number of nitrogens with zero attached hydrogens (tertiary/aromatic N) is 1. The third-order valence-corrected chi connectivity index (χ3v) is 4.18. The molecule has 0 amide bonds. The number of benzene rings is 1. The fraction of sp³-hybridized carbons (Fsp3) is 0.571. The lowest BCUT2D eigenvalue weighted by Gasteiger charge is -2.35. The maximum atomic E-state index is 14.3. The van der Waals surface area contributed by atoms with Crippen LogP contribution in [0.2, 0.25) is 0 Å². The van der Waals surface area contributed by atoms with Gasteiger partial charge >= 0.3 is 0 Å². The van der Waals surface area contributed by atoms with Crippen LogP contribution >= 0.6 is 28.3 Å². The lowest BCUT2D eigenvalue weighted by molar-refractivity contribution is 0.158. The molecule has 0 aliphatic carbocycles. The maximum absolute atomic E-state index is 14.3. The van der Waals surface area contributed by atoms with Crippen LogP contribution in [0.5, 0.6) is 0 Å². The second kappa shape index (κ2) is 8.27. The maximum Gasteiger partial charge on any atom is 0.145 e. The second-order valence-corrected chi connectivity index (χ2v) is 5.70. The van der Waals surface area contributed by atoms with E-state index in [9.17, 15) is 8.78 Å². The van der Waals surface area contributed by atoms with Crippen LogP contribution in [-0.4, -0.2) is 31.1 Å². The molecule has 2 rings (SSSR count). The smallest absolute Gasteiger partial charge is 0.145 e. The van der Waals surface area contributed by atoms with Gasteiger partial charge in [0, 0.05) is 37.8 Å². The van der Waals surface area contributed by atoms with Crippen molar-refractivity contribution >= 4 is 28.3 Å². The van der Waals surface area contributed by atoms with Crippen molar-refractivity contribution in [1.82, 2.24) is 10.2 Å². The molecule has 6 heteroatoms. The molecule has 1 atom stereocenters. The predicted molar refractivity (Wildman–Crippen MR) is 83.4 cm³/mol. The van der Waals surface area contributed by atoms with Gasteiger partial charge < -0.3 is 5.32 Å². The summed E-state index contributed by atoms with van der Waals surface area (Å²) in [6, 6.07) is 2.59. The van der Waals surface area contributed by atoms with Gasteiger partial charge in [-0.3, -0.25) is 4.90 Å². The highest BCUT2D eigenvalue weighted by molar-refractivity contribution is 9.10.